The van der Waals surface area contributed by atoms with Gasteiger partial charge in [0.1, 0.15) is 5.70 Å². The Hall–Kier alpha value is -1.49. The smallest absolute Gasteiger partial charge is 0.353 e. The molecule has 2 rings (SSSR count). The van der Waals surface area contributed by atoms with Crippen LogP contribution >= 0.6 is 0 Å². The van der Waals surface area contributed by atoms with Gasteiger partial charge in [0.05, 0.1) is 0 Å². The molecule has 0 fully saturated rings. The molecule has 3 N–H and O–H groups in total. The van der Waals surface area contributed by atoms with Crippen LogP contribution in [0.4, 0.5) is 0 Å². The first-order chi connectivity index (χ1) is 5.77. The van der Waals surface area contributed by atoms with E-state index in [0.29, 0.717) is 0 Å². The summed E-state index contributed by atoms with van der Waals surface area (Å²) in [7, 11) is 0. The number of nitrogens with one attached hydrogen (secondary N) is 2. The van der Waals surface area contributed by atoms with Gasteiger partial charge in [-0.2, -0.15) is 0 Å². The second-order valence-electron chi connectivity index (χ2n) is 2.64. The SMILES string of the molecule is O=C(O)C1=CN2C=CCNC2N1. The molecular formula is C7H9N3O2. The number of carbonyl (C=O) groups is 1. The largest absolute Gasteiger partial charge is 0.477 e. The Labute approximate surface area is 69.4 Å². The van der Waals surface area contributed by atoms with Gasteiger partial charge in [-0.25, -0.2) is 4.79 Å². The van der Waals surface area contributed by atoms with Gasteiger partial charge in [-0.3, -0.25) is 5.32 Å². The van der Waals surface area contributed by atoms with Crippen molar-refractivity contribution in [3.63, 3.8) is 0 Å². The minimum absolute atomic E-state index is 0.0962. The number of rotatable bonds is 1. The number of fused-ring (bicyclic) bond motifs is 1. The van der Waals surface area contributed by atoms with E-state index in [2.05, 4.69) is 10.6 Å². The molecule has 0 aromatic rings. The number of hydrogen-bond donors (Lipinski definition) is 3. The Kier molecular flexibility index (Phi) is 1.51. The van der Waals surface area contributed by atoms with Gasteiger partial charge in [0.25, 0.3) is 0 Å². The Morgan fingerprint density at radius 2 is 2.58 bits per heavy atom. The summed E-state index contributed by atoms with van der Waals surface area (Å²) < 4.78 is 0. The fraction of sp³-hybridized carbons (Fsp3) is 0.286. The maximum atomic E-state index is 10.5. The third-order valence-electron chi connectivity index (χ3n) is 1.81. The molecule has 2 aliphatic rings. The topological polar surface area (TPSA) is 64.6 Å². The van der Waals surface area contributed by atoms with Crippen LogP contribution in [0.1, 0.15) is 0 Å². The van der Waals surface area contributed by atoms with Crippen LogP contribution in [0, 0.1) is 0 Å². The second-order valence-corrected chi connectivity index (χ2v) is 2.64. The van der Waals surface area contributed by atoms with Crippen LogP contribution in [0.5, 0.6) is 0 Å². The van der Waals surface area contributed by atoms with Crippen molar-refractivity contribution >= 4 is 5.97 Å². The van der Waals surface area contributed by atoms with Gasteiger partial charge in [0, 0.05) is 18.9 Å². The highest BCUT2D eigenvalue weighted by atomic mass is 16.4. The third kappa shape index (κ3) is 1.04. The van der Waals surface area contributed by atoms with Gasteiger partial charge in [0.15, 0.2) is 6.29 Å². The molecule has 64 valence electrons. The van der Waals surface area contributed by atoms with E-state index >= 15 is 0 Å². The maximum absolute atomic E-state index is 10.5. The van der Waals surface area contributed by atoms with Gasteiger partial charge >= 0.3 is 5.97 Å². The van der Waals surface area contributed by atoms with Crippen LogP contribution in [0.3, 0.4) is 0 Å². The van der Waals surface area contributed by atoms with Crippen molar-refractivity contribution in [3.8, 4) is 0 Å². The molecule has 0 saturated carbocycles. The van der Waals surface area contributed by atoms with Crippen molar-refractivity contribution in [2.45, 2.75) is 6.29 Å². The van der Waals surface area contributed by atoms with E-state index in [1.54, 1.807) is 11.1 Å². The summed E-state index contributed by atoms with van der Waals surface area (Å²) in [6.45, 7) is 0.759. The Balaban J connectivity index is 2.16. The lowest BCUT2D eigenvalue weighted by Crippen LogP contribution is -2.48. The van der Waals surface area contributed by atoms with E-state index in [1.807, 2.05) is 12.3 Å². The fourth-order valence-electron chi connectivity index (χ4n) is 1.24. The van der Waals surface area contributed by atoms with Gasteiger partial charge < -0.3 is 15.3 Å². The van der Waals surface area contributed by atoms with E-state index in [0.717, 1.165) is 6.54 Å². The van der Waals surface area contributed by atoms with Gasteiger partial charge in [0.2, 0.25) is 0 Å². The van der Waals surface area contributed by atoms with Gasteiger partial charge in [-0.1, -0.05) is 6.08 Å². The molecule has 0 aliphatic carbocycles. The lowest BCUT2D eigenvalue weighted by molar-refractivity contribution is -0.133. The Morgan fingerprint density at radius 3 is 3.25 bits per heavy atom. The molecule has 0 amide bonds. The maximum Gasteiger partial charge on any atom is 0.353 e. The summed E-state index contributed by atoms with van der Waals surface area (Å²) in [5.41, 5.74) is 0.221. The molecule has 12 heavy (non-hydrogen) atoms. The molecule has 0 spiro atoms. The number of nitrogens with zero attached hydrogens (tertiary/aromatic N) is 1. The predicted octanol–water partition coefficient (Wildman–Crippen LogP) is -0.782. The summed E-state index contributed by atoms with van der Waals surface area (Å²) in [5, 5.41) is 14.5. The van der Waals surface area contributed by atoms with E-state index in [4.69, 9.17) is 5.11 Å². The van der Waals surface area contributed by atoms with Crippen LogP contribution in [0.25, 0.3) is 0 Å². The summed E-state index contributed by atoms with van der Waals surface area (Å²) >= 11 is 0. The minimum atomic E-state index is -0.931. The lowest BCUT2D eigenvalue weighted by atomic mass is 10.5. The first kappa shape index (κ1) is 7.17. The number of carboxylic acids is 1. The summed E-state index contributed by atoms with van der Waals surface area (Å²) in [4.78, 5) is 12.3. The van der Waals surface area contributed by atoms with E-state index in [9.17, 15) is 4.79 Å². The first-order valence-electron chi connectivity index (χ1n) is 3.66. The highest BCUT2D eigenvalue weighted by Crippen LogP contribution is 2.11. The average Bonchev–Trinajstić information content (AvgIpc) is 2.46. The van der Waals surface area contributed by atoms with Crippen LogP contribution in [-0.4, -0.2) is 28.8 Å². The average molecular weight is 167 g/mol. The number of hydrogen-bond acceptors (Lipinski definition) is 4. The van der Waals surface area contributed by atoms with E-state index in [1.165, 1.54) is 0 Å². The standard InChI is InChI=1S/C7H9N3O2/c11-6(12)5-4-10-3-1-2-8-7(10)9-5/h1,3-4,7-9H,2H2,(H,11,12). The summed E-state index contributed by atoms with van der Waals surface area (Å²) in [5.74, 6) is -0.931. The molecule has 0 aromatic carbocycles. The molecular weight excluding hydrogens is 158 g/mol. The monoisotopic (exact) mass is 167 g/mol. The van der Waals surface area contributed by atoms with Crippen LogP contribution < -0.4 is 10.6 Å². The lowest BCUT2D eigenvalue weighted by Gasteiger charge is -2.25. The van der Waals surface area contributed by atoms with Gasteiger partial charge in [-0.05, 0) is 0 Å². The molecule has 5 nitrogen and oxygen atoms in total. The highest BCUT2D eigenvalue weighted by molar-refractivity contribution is 5.86. The fourth-order valence-corrected chi connectivity index (χ4v) is 1.24. The number of aliphatic carboxylic acids is 1. The summed E-state index contributed by atoms with van der Waals surface area (Å²) in [6, 6.07) is 0. The third-order valence-corrected chi connectivity index (χ3v) is 1.81. The van der Waals surface area contributed by atoms with Crippen molar-refractivity contribution in [1.82, 2.24) is 15.5 Å². The molecule has 2 aliphatic heterocycles. The minimum Gasteiger partial charge on any atom is -0.477 e. The predicted molar refractivity (Wildman–Crippen MR) is 41.6 cm³/mol. The molecule has 1 unspecified atom stereocenters. The molecule has 0 radical (unpaired) electrons. The molecule has 0 aromatic heterocycles. The molecule has 0 saturated heterocycles. The van der Waals surface area contributed by atoms with Crippen LogP contribution in [0.15, 0.2) is 24.2 Å². The summed E-state index contributed by atoms with van der Waals surface area (Å²) in [6.07, 6.45) is 5.25. The van der Waals surface area contributed by atoms with E-state index in [-0.39, 0.29) is 12.0 Å². The van der Waals surface area contributed by atoms with Crippen molar-refractivity contribution in [1.29, 1.82) is 0 Å². The molecule has 5 heteroatoms. The quantitative estimate of drug-likeness (QED) is 0.478. The Bertz CT molecular complexity index is 272. The second kappa shape index (κ2) is 2.53. The molecule has 0 bridgehead atoms. The van der Waals surface area contributed by atoms with Crippen LogP contribution in [0.2, 0.25) is 0 Å². The van der Waals surface area contributed by atoms with Crippen LogP contribution in [-0.2, 0) is 4.79 Å². The molecule has 2 heterocycles. The van der Waals surface area contributed by atoms with E-state index < -0.39 is 5.97 Å². The normalized spacial score (nSPS) is 26.2. The zero-order chi connectivity index (χ0) is 8.55. The number of carboxylic acid groups (broad SMARTS) is 1. The Morgan fingerprint density at radius 1 is 1.75 bits per heavy atom. The van der Waals surface area contributed by atoms with Gasteiger partial charge in [-0.15, -0.1) is 0 Å². The van der Waals surface area contributed by atoms with Crippen molar-refractivity contribution in [3.05, 3.63) is 24.2 Å². The van der Waals surface area contributed by atoms with Crippen molar-refractivity contribution in [2.75, 3.05) is 6.54 Å². The highest BCUT2D eigenvalue weighted by Gasteiger charge is 2.26. The van der Waals surface area contributed by atoms with Crippen molar-refractivity contribution in [2.24, 2.45) is 0 Å². The molecule has 1 atom stereocenters. The zero-order valence-electron chi connectivity index (χ0n) is 6.32. The zero-order valence-corrected chi connectivity index (χ0v) is 6.32. The van der Waals surface area contributed by atoms with Crippen molar-refractivity contribution < 1.29 is 9.90 Å². The first-order valence-corrected chi connectivity index (χ1v) is 3.66.